The molecule has 0 radical (unpaired) electrons. The molecule has 1 atom stereocenters. The molecule has 5 rings (SSSR count). The lowest BCUT2D eigenvalue weighted by Gasteiger charge is -2.36. The maximum absolute atomic E-state index is 13.4. The molecule has 6 nitrogen and oxygen atoms in total. The number of nitrogens with zero attached hydrogens (tertiary/aromatic N) is 2. The lowest BCUT2D eigenvalue weighted by molar-refractivity contribution is -0.134. The third-order valence-electron chi connectivity index (χ3n) is 6.85. The molecule has 6 heteroatoms. The Kier molecular flexibility index (Phi) is 6.07. The molecule has 2 amide bonds. The van der Waals surface area contributed by atoms with Crippen molar-refractivity contribution >= 4 is 22.7 Å². The van der Waals surface area contributed by atoms with Crippen molar-refractivity contribution in [2.24, 2.45) is 0 Å². The fourth-order valence-electron chi connectivity index (χ4n) is 5.27. The Labute approximate surface area is 194 Å². The second-order valence-electron chi connectivity index (χ2n) is 8.89. The van der Waals surface area contributed by atoms with Gasteiger partial charge in [-0.15, -0.1) is 0 Å². The van der Waals surface area contributed by atoms with E-state index in [9.17, 15) is 9.59 Å². The van der Waals surface area contributed by atoms with E-state index >= 15 is 0 Å². The minimum Gasteiger partial charge on any atom is -0.494 e. The van der Waals surface area contributed by atoms with Crippen LogP contribution in [0.3, 0.4) is 0 Å². The molecule has 0 aliphatic carbocycles. The highest BCUT2D eigenvalue weighted by molar-refractivity contribution is 5.86. The highest BCUT2D eigenvalue weighted by Crippen LogP contribution is 2.39. The SMILES string of the molecule is CCOc1ccc(C2c3[nH]c4ccccc4c3CCN2C(=O)CCCN2CCCC2=O)cc1. The first kappa shape index (κ1) is 21.6. The smallest absolute Gasteiger partial charge is 0.223 e. The zero-order valence-electron chi connectivity index (χ0n) is 19.2. The number of rotatable bonds is 7. The van der Waals surface area contributed by atoms with Gasteiger partial charge in [0.05, 0.1) is 12.6 Å². The fraction of sp³-hybridized carbons (Fsp3) is 0.407. The Morgan fingerprint density at radius 3 is 2.67 bits per heavy atom. The number of ether oxygens (including phenoxy) is 1. The van der Waals surface area contributed by atoms with Crippen LogP contribution in [-0.4, -0.2) is 52.8 Å². The van der Waals surface area contributed by atoms with Crippen LogP contribution in [0.2, 0.25) is 0 Å². The van der Waals surface area contributed by atoms with E-state index in [-0.39, 0.29) is 17.9 Å². The number of nitrogens with one attached hydrogen (secondary N) is 1. The van der Waals surface area contributed by atoms with Gasteiger partial charge >= 0.3 is 0 Å². The number of hydrogen-bond donors (Lipinski definition) is 1. The van der Waals surface area contributed by atoms with Gasteiger partial charge in [0.2, 0.25) is 11.8 Å². The van der Waals surface area contributed by atoms with E-state index < -0.39 is 0 Å². The van der Waals surface area contributed by atoms with Crippen molar-refractivity contribution in [3.63, 3.8) is 0 Å². The van der Waals surface area contributed by atoms with Crippen LogP contribution < -0.4 is 4.74 Å². The van der Waals surface area contributed by atoms with Crippen molar-refractivity contribution in [3.8, 4) is 5.75 Å². The number of H-pyrrole nitrogens is 1. The van der Waals surface area contributed by atoms with Gasteiger partial charge in [0, 0.05) is 49.1 Å². The first-order chi connectivity index (χ1) is 16.2. The maximum atomic E-state index is 13.4. The van der Waals surface area contributed by atoms with Gasteiger partial charge in [-0.1, -0.05) is 30.3 Å². The summed E-state index contributed by atoms with van der Waals surface area (Å²) in [5, 5.41) is 1.24. The Hall–Kier alpha value is -3.28. The van der Waals surface area contributed by atoms with Gasteiger partial charge in [-0.25, -0.2) is 0 Å². The number of fused-ring (bicyclic) bond motifs is 3. The predicted octanol–water partition coefficient (Wildman–Crippen LogP) is 4.44. The van der Waals surface area contributed by atoms with E-state index in [4.69, 9.17) is 4.74 Å². The summed E-state index contributed by atoms with van der Waals surface area (Å²) in [5.74, 6) is 1.20. The summed E-state index contributed by atoms with van der Waals surface area (Å²) in [6.45, 7) is 4.78. The van der Waals surface area contributed by atoms with E-state index in [2.05, 4.69) is 35.3 Å². The highest BCUT2D eigenvalue weighted by atomic mass is 16.5. The summed E-state index contributed by atoms with van der Waals surface area (Å²) in [5.41, 5.74) is 4.60. The number of likely N-dealkylation sites (tertiary alicyclic amines) is 1. The quantitative estimate of drug-likeness (QED) is 0.585. The van der Waals surface area contributed by atoms with Crippen LogP contribution in [0.15, 0.2) is 48.5 Å². The Morgan fingerprint density at radius 1 is 1.09 bits per heavy atom. The molecule has 1 unspecified atom stereocenters. The predicted molar refractivity (Wildman–Crippen MR) is 128 cm³/mol. The lowest BCUT2D eigenvalue weighted by atomic mass is 9.92. The lowest BCUT2D eigenvalue weighted by Crippen LogP contribution is -2.40. The molecule has 3 aromatic rings. The number of para-hydroxylation sites is 1. The highest BCUT2D eigenvalue weighted by Gasteiger charge is 2.34. The molecule has 1 N–H and O–H groups in total. The third-order valence-corrected chi connectivity index (χ3v) is 6.85. The minimum absolute atomic E-state index is 0.143. The molecule has 0 saturated carbocycles. The summed E-state index contributed by atoms with van der Waals surface area (Å²) in [4.78, 5) is 32.8. The van der Waals surface area contributed by atoms with Crippen molar-refractivity contribution in [2.75, 3.05) is 26.2 Å². The molecule has 3 heterocycles. The molecule has 1 aromatic heterocycles. The van der Waals surface area contributed by atoms with Crippen molar-refractivity contribution in [1.29, 1.82) is 0 Å². The van der Waals surface area contributed by atoms with Gasteiger partial charge in [0.25, 0.3) is 0 Å². The summed E-state index contributed by atoms with van der Waals surface area (Å²) in [6.07, 6.45) is 3.57. The van der Waals surface area contributed by atoms with Crippen LogP contribution in [0.5, 0.6) is 5.75 Å². The van der Waals surface area contributed by atoms with Gasteiger partial charge in [0.1, 0.15) is 5.75 Å². The second kappa shape index (κ2) is 9.30. The topological polar surface area (TPSA) is 65.6 Å². The number of aromatic amines is 1. The van der Waals surface area contributed by atoms with E-state index in [0.717, 1.165) is 41.9 Å². The molecular weight excluding hydrogens is 414 g/mol. The molecule has 1 saturated heterocycles. The van der Waals surface area contributed by atoms with E-state index in [1.807, 2.05) is 34.9 Å². The zero-order chi connectivity index (χ0) is 22.8. The Morgan fingerprint density at radius 2 is 1.91 bits per heavy atom. The summed E-state index contributed by atoms with van der Waals surface area (Å²) >= 11 is 0. The largest absolute Gasteiger partial charge is 0.494 e. The van der Waals surface area contributed by atoms with Crippen molar-refractivity contribution in [1.82, 2.24) is 14.8 Å². The molecule has 0 spiro atoms. The molecular formula is C27H31N3O3. The number of benzene rings is 2. The van der Waals surface area contributed by atoms with Crippen molar-refractivity contribution in [2.45, 2.75) is 45.1 Å². The maximum Gasteiger partial charge on any atom is 0.223 e. The molecule has 33 heavy (non-hydrogen) atoms. The van der Waals surface area contributed by atoms with Crippen LogP contribution in [0.1, 0.15) is 55.5 Å². The van der Waals surface area contributed by atoms with Crippen LogP contribution >= 0.6 is 0 Å². The first-order valence-corrected chi connectivity index (χ1v) is 12.0. The molecule has 2 aromatic carbocycles. The van der Waals surface area contributed by atoms with Crippen molar-refractivity contribution in [3.05, 3.63) is 65.4 Å². The average molecular weight is 446 g/mol. The molecule has 1 fully saturated rings. The van der Waals surface area contributed by atoms with Gasteiger partial charge in [-0.05, 0) is 55.5 Å². The van der Waals surface area contributed by atoms with E-state index in [1.54, 1.807) is 0 Å². The standard InChI is InChI=1S/C27H31N3O3/c1-2-33-20-13-11-19(12-14-20)27-26-22(21-7-3-4-8-23(21)28-26)15-18-30(27)25(32)10-6-17-29-16-5-9-24(29)31/h3-4,7-8,11-14,27-28H,2,5-6,9-10,15-18H2,1H3. The molecule has 0 bridgehead atoms. The second-order valence-corrected chi connectivity index (χ2v) is 8.89. The number of carbonyl (C=O) groups is 2. The molecule has 2 aliphatic rings. The number of amides is 2. The van der Waals surface area contributed by atoms with Gasteiger partial charge in [-0.3, -0.25) is 9.59 Å². The number of carbonyl (C=O) groups excluding carboxylic acids is 2. The summed E-state index contributed by atoms with van der Waals surface area (Å²) < 4.78 is 5.63. The first-order valence-electron chi connectivity index (χ1n) is 12.0. The summed E-state index contributed by atoms with van der Waals surface area (Å²) in [6, 6.07) is 16.3. The van der Waals surface area contributed by atoms with Crippen molar-refractivity contribution < 1.29 is 14.3 Å². The van der Waals surface area contributed by atoms with Crippen LogP contribution in [0.4, 0.5) is 0 Å². The monoisotopic (exact) mass is 445 g/mol. The summed E-state index contributed by atoms with van der Waals surface area (Å²) in [7, 11) is 0. The Balaban J connectivity index is 1.42. The normalized spacial score (nSPS) is 18.1. The number of aromatic nitrogens is 1. The minimum atomic E-state index is -0.155. The fourth-order valence-corrected chi connectivity index (χ4v) is 5.27. The zero-order valence-corrected chi connectivity index (χ0v) is 19.2. The average Bonchev–Trinajstić information content (AvgIpc) is 3.42. The Bertz CT molecular complexity index is 1150. The van der Waals surface area contributed by atoms with Crippen LogP contribution in [0, 0.1) is 0 Å². The van der Waals surface area contributed by atoms with E-state index in [1.165, 1.54) is 10.9 Å². The molecule has 172 valence electrons. The van der Waals surface area contributed by atoms with Crippen LogP contribution in [0.25, 0.3) is 10.9 Å². The van der Waals surface area contributed by atoms with Gasteiger partial charge < -0.3 is 19.5 Å². The van der Waals surface area contributed by atoms with E-state index in [0.29, 0.717) is 39.0 Å². The number of hydrogen-bond acceptors (Lipinski definition) is 3. The van der Waals surface area contributed by atoms with Gasteiger partial charge in [-0.2, -0.15) is 0 Å². The van der Waals surface area contributed by atoms with Crippen LogP contribution in [-0.2, 0) is 16.0 Å². The van der Waals surface area contributed by atoms with Gasteiger partial charge in [0.15, 0.2) is 0 Å². The third kappa shape index (κ3) is 4.22. The molecule has 2 aliphatic heterocycles.